The molecule has 0 atom stereocenters. The van der Waals surface area contributed by atoms with Crippen LogP contribution in [0.3, 0.4) is 0 Å². The van der Waals surface area contributed by atoms with Crippen molar-refractivity contribution < 1.29 is 33.6 Å². The molecule has 0 unspecified atom stereocenters. The molecular formula is C14H10N2O7. The molecule has 2 heterocycles. The Labute approximate surface area is 129 Å². The summed E-state index contributed by atoms with van der Waals surface area (Å²) >= 11 is 0. The van der Waals surface area contributed by atoms with E-state index in [1.165, 1.54) is 12.1 Å². The summed E-state index contributed by atoms with van der Waals surface area (Å²) in [7, 11) is 0. The summed E-state index contributed by atoms with van der Waals surface area (Å²) in [6, 6.07) is 6.09. The number of amides is 4. The standard InChI is InChI=1S/C14H10N2O7/c17-10-5-6-11(18)15(10)23-12(19)7-22-16-13(20)8-3-1-2-4-9(8)14(16)21/h1-4H,5-7H2. The molecule has 2 aliphatic heterocycles. The molecule has 2 aliphatic rings. The summed E-state index contributed by atoms with van der Waals surface area (Å²) < 4.78 is 0. The highest BCUT2D eigenvalue weighted by Gasteiger charge is 2.38. The molecule has 0 N–H and O–H groups in total. The minimum Gasteiger partial charge on any atom is -0.328 e. The highest BCUT2D eigenvalue weighted by atomic mass is 16.8. The van der Waals surface area contributed by atoms with E-state index < -0.39 is 36.2 Å². The summed E-state index contributed by atoms with van der Waals surface area (Å²) in [6.07, 6.45) is -0.0727. The Morgan fingerprint density at radius 3 is 1.96 bits per heavy atom. The molecule has 1 aromatic rings. The minimum absolute atomic E-state index is 0.0363. The van der Waals surface area contributed by atoms with E-state index in [0.29, 0.717) is 10.1 Å². The van der Waals surface area contributed by atoms with Crippen molar-refractivity contribution in [1.82, 2.24) is 10.1 Å². The van der Waals surface area contributed by atoms with Crippen molar-refractivity contribution in [2.24, 2.45) is 0 Å². The Bertz CT molecular complexity index is 691. The number of rotatable bonds is 4. The first-order chi connectivity index (χ1) is 11.0. The second-order valence-corrected chi connectivity index (χ2v) is 4.77. The van der Waals surface area contributed by atoms with Gasteiger partial charge in [0.2, 0.25) is 0 Å². The van der Waals surface area contributed by atoms with Crippen LogP contribution in [0.25, 0.3) is 0 Å². The number of fused-ring (bicyclic) bond motifs is 1. The van der Waals surface area contributed by atoms with Gasteiger partial charge in [0.25, 0.3) is 23.6 Å². The third-order valence-corrected chi connectivity index (χ3v) is 3.27. The molecule has 118 valence electrons. The third kappa shape index (κ3) is 2.57. The van der Waals surface area contributed by atoms with Crippen LogP contribution in [0.5, 0.6) is 0 Å². The van der Waals surface area contributed by atoms with E-state index in [9.17, 15) is 24.0 Å². The molecule has 0 aromatic heterocycles. The van der Waals surface area contributed by atoms with Gasteiger partial charge in [0, 0.05) is 12.8 Å². The lowest BCUT2D eigenvalue weighted by Gasteiger charge is -2.15. The number of nitrogens with zero attached hydrogens (tertiary/aromatic N) is 2. The predicted molar refractivity (Wildman–Crippen MR) is 70.1 cm³/mol. The molecular weight excluding hydrogens is 308 g/mol. The Kier molecular flexibility index (Phi) is 3.62. The van der Waals surface area contributed by atoms with E-state index in [-0.39, 0.29) is 24.0 Å². The van der Waals surface area contributed by atoms with E-state index in [2.05, 4.69) is 4.84 Å². The fourth-order valence-electron chi connectivity index (χ4n) is 2.19. The van der Waals surface area contributed by atoms with Crippen LogP contribution < -0.4 is 0 Å². The first-order valence-corrected chi connectivity index (χ1v) is 6.66. The van der Waals surface area contributed by atoms with Crippen LogP contribution >= 0.6 is 0 Å². The zero-order valence-electron chi connectivity index (χ0n) is 11.7. The van der Waals surface area contributed by atoms with Crippen molar-refractivity contribution in [3.05, 3.63) is 35.4 Å². The first-order valence-electron chi connectivity index (χ1n) is 6.66. The van der Waals surface area contributed by atoms with Gasteiger partial charge in [-0.1, -0.05) is 12.1 Å². The zero-order chi connectivity index (χ0) is 16.6. The van der Waals surface area contributed by atoms with Crippen LogP contribution in [0.4, 0.5) is 0 Å². The van der Waals surface area contributed by atoms with Gasteiger partial charge in [-0.15, -0.1) is 10.1 Å². The summed E-state index contributed by atoms with van der Waals surface area (Å²) in [6.45, 7) is -0.803. The lowest BCUT2D eigenvalue weighted by molar-refractivity contribution is -0.205. The largest absolute Gasteiger partial charge is 0.361 e. The SMILES string of the molecule is O=C(CON1C(=O)c2ccccc2C1=O)ON1C(=O)CCC1=O. The van der Waals surface area contributed by atoms with Gasteiger partial charge in [-0.3, -0.25) is 24.0 Å². The second kappa shape index (κ2) is 5.61. The van der Waals surface area contributed by atoms with Crippen molar-refractivity contribution >= 4 is 29.6 Å². The topological polar surface area (TPSA) is 110 Å². The normalized spacial score (nSPS) is 17.0. The van der Waals surface area contributed by atoms with Crippen molar-refractivity contribution in [3.63, 3.8) is 0 Å². The average Bonchev–Trinajstić information content (AvgIpc) is 2.98. The van der Waals surface area contributed by atoms with E-state index in [4.69, 9.17) is 4.84 Å². The Hall–Kier alpha value is -3.07. The summed E-state index contributed by atoms with van der Waals surface area (Å²) in [5.74, 6) is -3.75. The second-order valence-electron chi connectivity index (χ2n) is 4.77. The van der Waals surface area contributed by atoms with Gasteiger partial charge in [-0.25, -0.2) is 4.79 Å². The maximum atomic E-state index is 12.0. The fourth-order valence-corrected chi connectivity index (χ4v) is 2.19. The lowest BCUT2D eigenvalue weighted by atomic mass is 10.1. The molecule has 9 heteroatoms. The summed E-state index contributed by atoms with van der Waals surface area (Å²) in [5, 5.41) is 0.799. The molecule has 1 aromatic carbocycles. The van der Waals surface area contributed by atoms with E-state index in [1.807, 2.05) is 0 Å². The Balaban J connectivity index is 1.60. The number of imide groups is 2. The number of hydrogen-bond acceptors (Lipinski definition) is 7. The smallest absolute Gasteiger partial charge is 0.328 e. The van der Waals surface area contributed by atoms with Crippen molar-refractivity contribution in [1.29, 1.82) is 0 Å². The molecule has 0 spiro atoms. The highest BCUT2D eigenvalue weighted by molar-refractivity contribution is 6.20. The molecule has 1 fully saturated rings. The van der Waals surface area contributed by atoms with Crippen molar-refractivity contribution in [3.8, 4) is 0 Å². The number of carbonyl (C=O) groups is 5. The number of hydrogen-bond donors (Lipinski definition) is 0. The first kappa shape index (κ1) is 14.9. The minimum atomic E-state index is -1.08. The number of carbonyl (C=O) groups excluding carboxylic acids is 5. The molecule has 0 aliphatic carbocycles. The van der Waals surface area contributed by atoms with E-state index in [0.717, 1.165) is 0 Å². The quantitative estimate of drug-likeness (QED) is 0.708. The zero-order valence-corrected chi connectivity index (χ0v) is 11.7. The van der Waals surface area contributed by atoms with Gasteiger partial charge in [-0.05, 0) is 12.1 Å². The van der Waals surface area contributed by atoms with E-state index in [1.54, 1.807) is 12.1 Å². The van der Waals surface area contributed by atoms with Gasteiger partial charge in [0.05, 0.1) is 11.1 Å². The molecule has 1 saturated heterocycles. The Morgan fingerprint density at radius 1 is 0.913 bits per heavy atom. The molecule has 3 rings (SSSR count). The molecule has 23 heavy (non-hydrogen) atoms. The average molecular weight is 318 g/mol. The predicted octanol–water partition coefficient (Wildman–Crippen LogP) is -0.179. The third-order valence-electron chi connectivity index (χ3n) is 3.27. The van der Waals surface area contributed by atoms with Gasteiger partial charge < -0.3 is 4.84 Å². The van der Waals surface area contributed by atoms with Crippen molar-refractivity contribution in [2.75, 3.05) is 6.61 Å². The molecule has 4 amide bonds. The highest BCUT2D eigenvalue weighted by Crippen LogP contribution is 2.22. The van der Waals surface area contributed by atoms with Crippen LogP contribution in [0.1, 0.15) is 33.6 Å². The van der Waals surface area contributed by atoms with E-state index >= 15 is 0 Å². The maximum absolute atomic E-state index is 12.0. The van der Waals surface area contributed by atoms with Gasteiger partial charge in [-0.2, -0.15) is 0 Å². The lowest BCUT2D eigenvalue weighted by Crippen LogP contribution is -2.36. The molecule has 9 nitrogen and oxygen atoms in total. The van der Waals surface area contributed by atoms with Crippen LogP contribution in [-0.2, 0) is 24.1 Å². The van der Waals surface area contributed by atoms with Crippen molar-refractivity contribution in [2.45, 2.75) is 12.8 Å². The molecule has 0 bridgehead atoms. The van der Waals surface area contributed by atoms with Gasteiger partial charge in [0.15, 0.2) is 6.61 Å². The molecule has 0 saturated carbocycles. The van der Waals surface area contributed by atoms with Crippen LogP contribution in [0.2, 0.25) is 0 Å². The van der Waals surface area contributed by atoms with Crippen LogP contribution in [0.15, 0.2) is 24.3 Å². The van der Waals surface area contributed by atoms with Crippen LogP contribution in [-0.4, -0.2) is 46.3 Å². The number of hydroxylamine groups is 4. The fraction of sp³-hybridized carbons (Fsp3) is 0.214. The summed E-state index contributed by atoms with van der Waals surface area (Å²) in [5.41, 5.74) is 0.325. The summed E-state index contributed by atoms with van der Waals surface area (Å²) in [4.78, 5) is 67.6. The monoisotopic (exact) mass is 318 g/mol. The van der Waals surface area contributed by atoms with Gasteiger partial charge >= 0.3 is 5.97 Å². The van der Waals surface area contributed by atoms with Crippen LogP contribution in [0, 0.1) is 0 Å². The Morgan fingerprint density at radius 2 is 1.43 bits per heavy atom. The number of benzene rings is 1. The maximum Gasteiger partial charge on any atom is 0.361 e. The molecule has 0 radical (unpaired) electrons. The van der Waals surface area contributed by atoms with Gasteiger partial charge in [0.1, 0.15) is 0 Å².